The van der Waals surface area contributed by atoms with Crippen molar-refractivity contribution < 1.29 is 27.5 Å². The van der Waals surface area contributed by atoms with Gasteiger partial charge in [0, 0.05) is 37.4 Å². The molecule has 5 rings (SSSR count). The second-order valence-corrected chi connectivity index (χ2v) is 10.3. The number of methoxy groups -OCH3 is 1. The summed E-state index contributed by atoms with van der Waals surface area (Å²) in [6.45, 7) is 1.18. The number of nitrogens with one attached hydrogen (secondary N) is 1. The fourth-order valence-electron chi connectivity index (χ4n) is 5.63. The summed E-state index contributed by atoms with van der Waals surface area (Å²) in [4.78, 5) is 28.3. The number of nitrogens with zero attached hydrogens (tertiary/aromatic N) is 1. The number of alkyl halides is 3. The maximum absolute atomic E-state index is 13.2. The molecule has 2 unspecified atom stereocenters. The first-order chi connectivity index (χ1) is 18.7. The van der Waals surface area contributed by atoms with Gasteiger partial charge in [0.1, 0.15) is 0 Å². The highest BCUT2D eigenvalue weighted by atomic mass is 19.4. The van der Waals surface area contributed by atoms with Crippen LogP contribution in [0, 0.1) is 5.92 Å². The molecule has 3 aromatic rings. The second kappa shape index (κ2) is 11.2. The van der Waals surface area contributed by atoms with Crippen LogP contribution in [0.15, 0.2) is 66.7 Å². The number of amides is 2. The minimum absolute atomic E-state index is 0.00791. The van der Waals surface area contributed by atoms with E-state index in [0.29, 0.717) is 41.9 Å². The third kappa shape index (κ3) is 6.01. The lowest BCUT2D eigenvalue weighted by Crippen LogP contribution is -2.42. The molecule has 204 valence electrons. The molecule has 1 aliphatic carbocycles. The van der Waals surface area contributed by atoms with E-state index in [1.165, 1.54) is 12.1 Å². The Balaban J connectivity index is 1.27. The minimum Gasteiger partial charge on any atom is -0.381 e. The van der Waals surface area contributed by atoms with Gasteiger partial charge >= 0.3 is 6.18 Å². The molecule has 1 N–H and O–H groups in total. The highest BCUT2D eigenvalue weighted by molar-refractivity contribution is 6.08. The standard InChI is InChI=1S/C31H31F3N2O3/c1-39-26-6-4-5-22(18-26)30(38)36-16-15-21-17-25(14-11-23(21)19-36)35-29(37)28-8-3-2-7-27(28)20-9-12-24(13-10-20)31(32,33)34/h2-3,7-14,17,22,26H,4-6,15-16,18-19H2,1H3,(H,35,37). The summed E-state index contributed by atoms with van der Waals surface area (Å²) >= 11 is 0. The highest BCUT2D eigenvalue weighted by Gasteiger charge is 2.32. The largest absolute Gasteiger partial charge is 0.416 e. The van der Waals surface area contributed by atoms with E-state index >= 15 is 0 Å². The van der Waals surface area contributed by atoms with Crippen molar-refractivity contribution in [2.24, 2.45) is 5.92 Å². The van der Waals surface area contributed by atoms with Gasteiger partial charge < -0.3 is 15.0 Å². The molecule has 2 atom stereocenters. The molecule has 0 bridgehead atoms. The van der Waals surface area contributed by atoms with E-state index in [4.69, 9.17) is 4.74 Å². The van der Waals surface area contributed by atoms with Crippen molar-refractivity contribution in [3.8, 4) is 11.1 Å². The van der Waals surface area contributed by atoms with Crippen LogP contribution in [-0.4, -0.2) is 36.5 Å². The normalized spacial score (nSPS) is 19.3. The number of fused-ring (bicyclic) bond motifs is 1. The van der Waals surface area contributed by atoms with Gasteiger partial charge in [-0.05, 0) is 78.3 Å². The third-order valence-electron chi connectivity index (χ3n) is 7.79. The van der Waals surface area contributed by atoms with E-state index in [1.807, 2.05) is 23.1 Å². The van der Waals surface area contributed by atoms with Crippen LogP contribution < -0.4 is 5.32 Å². The van der Waals surface area contributed by atoms with Gasteiger partial charge in [-0.15, -0.1) is 0 Å². The summed E-state index contributed by atoms with van der Waals surface area (Å²) in [5, 5.41) is 2.94. The van der Waals surface area contributed by atoms with E-state index in [9.17, 15) is 22.8 Å². The molecule has 3 aromatic carbocycles. The van der Waals surface area contributed by atoms with Crippen LogP contribution in [0.4, 0.5) is 18.9 Å². The van der Waals surface area contributed by atoms with Gasteiger partial charge in [0.2, 0.25) is 5.91 Å². The molecular formula is C31H31F3N2O3. The SMILES string of the molecule is COC1CCCC(C(=O)N2CCc3cc(NC(=O)c4ccccc4-c4ccc(C(F)(F)F)cc4)ccc3C2)C1. The van der Waals surface area contributed by atoms with Crippen LogP contribution in [0.2, 0.25) is 0 Å². The Morgan fingerprint density at radius 2 is 1.74 bits per heavy atom. The first-order valence-electron chi connectivity index (χ1n) is 13.2. The van der Waals surface area contributed by atoms with Crippen molar-refractivity contribution in [2.75, 3.05) is 19.0 Å². The molecule has 0 aromatic heterocycles. The fourth-order valence-corrected chi connectivity index (χ4v) is 5.63. The smallest absolute Gasteiger partial charge is 0.381 e. The van der Waals surface area contributed by atoms with Crippen LogP contribution >= 0.6 is 0 Å². The van der Waals surface area contributed by atoms with Crippen LogP contribution in [0.3, 0.4) is 0 Å². The molecule has 39 heavy (non-hydrogen) atoms. The van der Waals surface area contributed by atoms with Gasteiger partial charge in [-0.25, -0.2) is 0 Å². The average molecular weight is 537 g/mol. The molecule has 5 nitrogen and oxygen atoms in total. The van der Waals surface area contributed by atoms with E-state index in [1.54, 1.807) is 31.4 Å². The van der Waals surface area contributed by atoms with Crippen molar-refractivity contribution in [1.29, 1.82) is 0 Å². The van der Waals surface area contributed by atoms with E-state index in [2.05, 4.69) is 5.32 Å². The molecule has 1 fully saturated rings. The molecule has 1 heterocycles. The molecule has 2 aliphatic rings. The average Bonchev–Trinajstić information content (AvgIpc) is 2.96. The molecule has 1 aliphatic heterocycles. The van der Waals surface area contributed by atoms with Gasteiger partial charge in [-0.2, -0.15) is 13.2 Å². The number of anilines is 1. The lowest BCUT2D eigenvalue weighted by atomic mass is 9.85. The van der Waals surface area contributed by atoms with Gasteiger partial charge in [-0.1, -0.05) is 42.8 Å². The summed E-state index contributed by atoms with van der Waals surface area (Å²) in [5.74, 6) is -0.142. The van der Waals surface area contributed by atoms with Crippen LogP contribution in [0.5, 0.6) is 0 Å². The zero-order valence-corrected chi connectivity index (χ0v) is 21.8. The first-order valence-corrected chi connectivity index (χ1v) is 13.2. The number of halogens is 3. The number of benzene rings is 3. The number of hydrogen-bond acceptors (Lipinski definition) is 3. The summed E-state index contributed by atoms with van der Waals surface area (Å²) in [6.07, 6.45) is 0.123. The zero-order chi connectivity index (χ0) is 27.6. The summed E-state index contributed by atoms with van der Waals surface area (Å²) in [6, 6.07) is 17.4. The van der Waals surface area contributed by atoms with Crippen LogP contribution in [0.1, 0.15) is 52.7 Å². The molecule has 0 saturated heterocycles. The first kappa shape index (κ1) is 26.9. The monoisotopic (exact) mass is 536 g/mol. The maximum Gasteiger partial charge on any atom is 0.416 e. The third-order valence-corrected chi connectivity index (χ3v) is 7.79. The topological polar surface area (TPSA) is 58.6 Å². The Kier molecular flexibility index (Phi) is 7.75. The Morgan fingerprint density at radius 1 is 0.974 bits per heavy atom. The van der Waals surface area contributed by atoms with E-state index < -0.39 is 11.7 Å². The number of carbonyl (C=O) groups is 2. The van der Waals surface area contributed by atoms with Gasteiger partial charge in [0.25, 0.3) is 5.91 Å². The number of rotatable bonds is 5. The van der Waals surface area contributed by atoms with Crippen molar-refractivity contribution in [3.63, 3.8) is 0 Å². The summed E-state index contributed by atoms with van der Waals surface area (Å²) in [7, 11) is 1.71. The Hall–Kier alpha value is -3.65. The molecule has 0 radical (unpaired) electrons. The molecule has 2 amide bonds. The summed E-state index contributed by atoms with van der Waals surface area (Å²) in [5.41, 5.74) is 3.50. The predicted molar refractivity (Wildman–Crippen MR) is 143 cm³/mol. The van der Waals surface area contributed by atoms with E-state index in [-0.39, 0.29) is 23.8 Å². The molecular weight excluding hydrogens is 505 g/mol. The van der Waals surface area contributed by atoms with Gasteiger partial charge in [0.05, 0.1) is 11.7 Å². The number of ether oxygens (including phenoxy) is 1. The van der Waals surface area contributed by atoms with Crippen molar-refractivity contribution in [1.82, 2.24) is 4.90 Å². The second-order valence-electron chi connectivity index (χ2n) is 10.3. The summed E-state index contributed by atoms with van der Waals surface area (Å²) < 4.78 is 44.4. The van der Waals surface area contributed by atoms with Crippen LogP contribution in [0.25, 0.3) is 11.1 Å². The lowest BCUT2D eigenvalue weighted by molar-refractivity contribution is -0.139. The van der Waals surface area contributed by atoms with Gasteiger partial charge in [-0.3, -0.25) is 9.59 Å². The highest BCUT2D eigenvalue weighted by Crippen LogP contribution is 2.33. The van der Waals surface area contributed by atoms with Crippen molar-refractivity contribution >= 4 is 17.5 Å². The number of carbonyl (C=O) groups excluding carboxylic acids is 2. The Bertz CT molecular complexity index is 1350. The molecule has 8 heteroatoms. The molecule has 0 spiro atoms. The maximum atomic E-state index is 13.2. The zero-order valence-electron chi connectivity index (χ0n) is 21.8. The van der Waals surface area contributed by atoms with Gasteiger partial charge in [0.15, 0.2) is 0 Å². The lowest BCUT2D eigenvalue weighted by Gasteiger charge is -2.35. The van der Waals surface area contributed by atoms with E-state index in [0.717, 1.165) is 48.9 Å². The predicted octanol–water partition coefficient (Wildman–Crippen LogP) is 6.71. The van der Waals surface area contributed by atoms with Crippen molar-refractivity contribution in [2.45, 2.75) is 50.9 Å². The fraction of sp³-hybridized carbons (Fsp3) is 0.355. The number of hydrogen-bond donors (Lipinski definition) is 1. The minimum atomic E-state index is -4.42. The van der Waals surface area contributed by atoms with Crippen LogP contribution in [-0.2, 0) is 28.7 Å². The van der Waals surface area contributed by atoms with Crippen molar-refractivity contribution in [3.05, 3.63) is 89.0 Å². The Labute approximate surface area is 226 Å². The quantitative estimate of drug-likeness (QED) is 0.394. The molecule has 1 saturated carbocycles. The Morgan fingerprint density at radius 3 is 2.49 bits per heavy atom.